The summed E-state index contributed by atoms with van der Waals surface area (Å²) in [5, 5.41) is 16.3. The average molecular weight is 271 g/mol. The van der Waals surface area contributed by atoms with Crippen molar-refractivity contribution < 1.29 is 9.90 Å². The number of para-hydroxylation sites is 1. The first kappa shape index (κ1) is 12.9. The van der Waals surface area contributed by atoms with Gasteiger partial charge < -0.3 is 10.4 Å². The molecule has 5 heteroatoms. The number of benzene rings is 1. The normalized spacial score (nSPS) is 21.2. The van der Waals surface area contributed by atoms with Crippen LogP contribution in [0, 0.1) is 5.92 Å². The molecule has 1 aliphatic rings. The molecule has 0 saturated heterocycles. The van der Waals surface area contributed by atoms with Crippen molar-refractivity contribution in [2.24, 2.45) is 5.92 Å². The Morgan fingerprint density at radius 3 is 2.80 bits per heavy atom. The first-order chi connectivity index (χ1) is 9.72. The molecule has 0 bridgehead atoms. The fourth-order valence-electron chi connectivity index (χ4n) is 2.37. The van der Waals surface area contributed by atoms with Gasteiger partial charge in [0.2, 0.25) is 0 Å². The molecule has 3 rings (SSSR count). The zero-order valence-corrected chi connectivity index (χ0v) is 11.1. The lowest BCUT2D eigenvalue weighted by atomic mass is 9.82. The Morgan fingerprint density at radius 2 is 2.10 bits per heavy atom. The van der Waals surface area contributed by atoms with Gasteiger partial charge in [-0.2, -0.15) is 5.10 Å². The molecule has 0 spiro atoms. The van der Waals surface area contributed by atoms with Crippen LogP contribution in [0.5, 0.6) is 0 Å². The van der Waals surface area contributed by atoms with Gasteiger partial charge in [0.05, 0.1) is 23.6 Å². The molecule has 1 aromatic heterocycles. The Hall–Kier alpha value is -2.14. The first-order valence-corrected chi connectivity index (χ1v) is 6.79. The monoisotopic (exact) mass is 271 g/mol. The number of carbonyl (C=O) groups excluding carboxylic acids is 1. The van der Waals surface area contributed by atoms with Crippen LogP contribution in [0.3, 0.4) is 0 Å². The number of carbonyl (C=O) groups is 1. The smallest absolute Gasteiger partial charge is 0.254 e. The lowest BCUT2D eigenvalue weighted by Crippen LogP contribution is -2.38. The van der Waals surface area contributed by atoms with Gasteiger partial charge in [0.1, 0.15) is 0 Å². The van der Waals surface area contributed by atoms with E-state index in [0.717, 1.165) is 18.5 Å². The number of aliphatic hydroxyl groups excluding tert-OH is 1. The molecule has 0 aliphatic heterocycles. The van der Waals surface area contributed by atoms with Gasteiger partial charge in [-0.05, 0) is 30.9 Å². The second-order valence-corrected chi connectivity index (χ2v) is 5.21. The van der Waals surface area contributed by atoms with Crippen LogP contribution in [0.1, 0.15) is 23.2 Å². The van der Waals surface area contributed by atoms with Gasteiger partial charge in [0.15, 0.2) is 0 Å². The van der Waals surface area contributed by atoms with Gasteiger partial charge >= 0.3 is 0 Å². The number of aromatic nitrogens is 2. The minimum atomic E-state index is -0.183. The molecule has 0 atom stereocenters. The summed E-state index contributed by atoms with van der Waals surface area (Å²) in [4.78, 5) is 12.0. The topological polar surface area (TPSA) is 67.2 Å². The summed E-state index contributed by atoms with van der Waals surface area (Å²) >= 11 is 0. The summed E-state index contributed by atoms with van der Waals surface area (Å²) < 4.78 is 1.68. The van der Waals surface area contributed by atoms with Gasteiger partial charge in [0.25, 0.3) is 5.91 Å². The van der Waals surface area contributed by atoms with E-state index in [1.807, 2.05) is 30.3 Å². The Labute approximate surface area is 117 Å². The Morgan fingerprint density at radius 1 is 1.35 bits per heavy atom. The molecule has 1 amide bonds. The highest BCUT2D eigenvalue weighted by Gasteiger charge is 2.27. The zero-order valence-electron chi connectivity index (χ0n) is 11.1. The molecule has 104 valence electrons. The Balaban J connectivity index is 1.60. The van der Waals surface area contributed by atoms with E-state index in [4.69, 9.17) is 0 Å². The van der Waals surface area contributed by atoms with Crippen LogP contribution in [0.25, 0.3) is 5.69 Å². The predicted octanol–water partition coefficient (Wildman–Crippen LogP) is 1.37. The number of aliphatic hydroxyl groups is 1. The minimum Gasteiger partial charge on any atom is -0.393 e. The fourth-order valence-corrected chi connectivity index (χ4v) is 2.37. The molecular weight excluding hydrogens is 254 g/mol. The summed E-state index contributed by atoms with van der Waals surface area (Å²) in [6, 6.07) is 9.67. The number of amides is 1. The van der Waals surface area contributed by atoms with Crippen LogP contribution < -0.4 is 5.32 Å². The van der Waals surface area contributed by atoms with Gasteiger partial charge in [-0.3, -0.25) is 4.79 Å². The van der Waals surface area contributed by atoms with Crippen molar-refractivity contribution >= 4 is 5.91 Å². The third kappa shape index (κ3) is 2.72. The SMILES string of the molecule is O=C(NCC1CC(O)C1)c1cnn(-c2ccccc2)c1. The number of hydrogen-bond acceptors (Lipinski definition) is 3. The van der Waals surface area contributed by atoms with Gasteiger partial charge in [-0.15, -0.1) is 0 Å². The van der Waals surface area contributed by atoms with Crippen LogP contribution in [-0.4, -0.2) is 33.4 Å². The lowest BCUT2D eigenvalue weighted by molar-refractivity contribution is 0.0420. The lowest BCUT2D eigenvalue weighted by Gasteiger charge is -2.31. The van der Waals surface area contributed by atoms with Gasteiger partial charge in [0, 0.05) is 12.7 Å². The standard InChI is InChI=1S/C15H17N3O2/c19-14-6-11(7-14)8-16-15(20)12-9-17-18(10-12)13-4-2-1-3-5-13/h1-5,9-11,14,19H,6-8H2,(H,16,20). The van der Waals surface area contributed by atoms with Crippen molar-refractivity contribution in [2.45, 2.75) is 18.9 Å². The van der Waals surface area contributed by atoms with Crippen molar-refractivity contribution in [3.05, 3.63) is 48.3 Å². The van der Waals surface area contributed by atoms with E-state index in [9.17, 15) is 9.90 Å². The quantitative estimate of drug-likeness (QED) is 0.882. The predicted molar refractivity (Wildman–Crippen MR) is 74.6 cm³/mol. The van der Waals surface area contributed by atoms with Gasteiger partial charge in [-0.25, -0.2) is 4.68 Å². The number of rotatable bonds is 4. The van der Waals surface area contributed by atoms with E-state index in [-0.39, 0.29) is 12.0 Å². The largest absolute Gasteiger partial charge is 0.393 e. The zero-order chi connectivity index (χ0) is 13.9. The number of nitrogens with zero attached hydrogens (tertiary/aromatic N) is 2. The van der Waals surface area contributed by atoms with E-state index in [1.54, 1.807) is 17.1 Å². The molecule has 1 saturated carbocycles. The molecule has 1 aliphatic carbocycles. The van der Waals surface area contributed by atoms with Gasteiger partial charge in [-0.1, -0.05) is 18.2 Å². The maximum Gasteiger partial charge on any atom is 0.254 e. The van der Waals surface area contributed by atoms with Crippen LogP contribution in [0.15, 0.2) is 42.7 Å². The summed E-state index contributed by atoms with van der Waals surface area (Å²) in [6.45, 7) is 0.617. The van der Waals surface area contributed by atoms with E-state index < -0.39 is 0 Å². The third-order valence-corrected chi connectivity index (χ3v) is 3.63. The maximum atomic E-state index is 12.0. The van der Waals surface area contributed by atoms with Crippen LogP contribution in [0.4, 0.5) is 0 Å². The Kier molecular flexibility index (Phi) is 3.52. The van der Waals surface area contributed by atoms with Crippen molar-refractivity contribution in [2.75, 3.05) is 6.54 Å². The Bertz CT molecular complexity index is 588. The third-order valence-electron chi connectivity index (χ3n) is 3.63. The van der Waals surface area contributed by atoms with E-state index in [0.29, 0.717) is 18.0 Å². The number of hydrogen-bond donors (Lipinski definition) is 2. The second kappa shape index (κ2) is 5.46. The first-order valence-electron chi connectivity index (χ1n) is 6.79. The number of nitrogens with one attached hydrogen (secondary N) is 1. The molecular formula is C15H17N3O2. The van der Waals surface area contributed by atoms with Crippen molar-refractivity contribution in [3.63, 3.8) is 0 Å². The molecule has 1 fully saturated rings. The molecule has 1 aromatic carbocycles. The molecule has 2 aromatic rings. The van der Waals surface area contributed by atoms with E-state index in [1.165, 1.54) is 0 Å². The molecule has 20 heavy (non-hydrogen) atoms. The summed E-state index contributed by atoms with van der Waals surface area (Å²) in [7, 11) is 0. The minimum absolute atomic E-state index is 0.117. The van der Waals surface area contributed by atoms with E-state index >= 15 is 0 Å². The van der Waals surface area contributed by atoms with Crippen molar-refractivity contribution in [1.82, 2.24) is 15.1 Å². The highest BCUT2D eigenvalue weighted by atomic mass is 16.3. The summed E-state index contributed by atoms with van der Waals surface area (Å²) in [5.41, 5.74) is 1.47. The average Bonchev–Trinajstić information content (AvgIpc) is 2.93. The molecule has 0 radical (unpaired) electrons. The van der Waals surface area contributed by atoms with Crippen LogP contribution >= 0.6 is 0 Å². The molecule has 2 N–H and O–H groups in total. The molecule has 0 unspecified atom stereocenters. The fraction of sp³-hybridized carbons (Fsp3) is 0.333. The maximum absolute atomic E-state index is 12.0. The van der Waals surface area contributed by atoms with Crippen molar-refractivity contribution in [1.29, 1.82) is 0 Å². The summed E-state index contributed by atoms with van der Waals surface area (Å²) in [5.74, 6) is 0.284. The molecule has 1 heterocycles. The highest BCUT2D eigenvalue weighted by Crippen LogP contribution is 2.26. The highest BCUT2D eigenvalue weighted by molar-refractivity contribution is 5.93. The van der Waals surface area contributed by atoms with Crippen LogP contribution in [-0.2, 0) is 0 Å². The van der Waals surface area contributed by atoms with Crippen LogP contribution in [0.2, 0.25) is 0 Å². The second-order valence-electron chi connectivity index (χ2n) is 5.21. The molecule has 5 nitrogen and oxygen atoms in total. The van der Waals surface area contributed by atoms with Crippen molar-refractivity contribution in [3.8, 4) is 5.69 Å². The summed E-state index contributed by atoms with van der Waals surface area (Å²) in [6.07, 6.45) is 4.67. The van der Waals surface area contributed by atoms with E-state index in [2.05, 4.69) is 10.4 Å².